The van der Waals surface area contributed by atoms with E-state index in [0.29, 0.717) is 36.2 Å². The van der Waals surface area contributed by atoms with Crippen LogP contribution in [0.25, 0.3) is 21.9 Å². The van der Waals surface area contributed by atoms with Gasteiger partial charge in [0.1, 0.15) is 5.58 Å². The molecule has 0 bridgehead atoms. The Morgan fingerprint density at radius 1 is 1.25 bits per heavy atom. The molecule has 5 nitrogen and oxygen atoms in total. The Labute approximate surface area is 163 Å². The van der Waals surface area contributed by atoms with Crippen molar-refractivity contribution in [2.75, 3.05) is 21.2 Å². The Balaban J connectivity index is 1.99. The number of hydrogen-bond acceptors (Lipinski definition) is 5. The summed E-state index contributed by atoms with van der Waals surface area (Å²) < 4.78 is 11.6. The second-order valence-electron chi connectivity index (χ2n) is 7.53. The first-order valence-electron chi connectivity index (χ1n) is 9.29. The Morgan fingerprint density at radius 3 is 2.75 bits per heavy atom. The van der Waals surface area contributed by atoms with E-state index in [2.05, 4.69) is 6.07 Å². The number of para-hydroxylation sites is 1. The molecule has 0 aliphatic heterocycles. The number of carbonyl (C=O) groups is 1. The first-order valence-corrected chi connectivity index (χ1v) is 9.29. The Morgan fingerprint density at radius 2 is 2.04 bits per heavy atom. The van der Waals surface area contributed by atoms with Gasteiger partial charge in [0, 0.05) is 49.5 Å². The monoisotopic (exact) mass is 374 g/mol. The van der Waals surface area contributed by atoms with Crippen LogP contribution >= 0.6 is 0 Å². The van der Waals surface area contributed by atoms with E-state index in [1.807, 2.05) is 61.6 Å². The van der Waals surface area contributed by atoms with Crippen molar-refractivity contribution in [2.45, 2.75) is 24.7 Å². The van der Waals surface area contributed by atoms with Gasteiger partial charge in [0.2, 0.25) is 0 Å². The van der Waals surface area contributed by atoms with E-state index in [4.69, 9.17) is 9.15 Å². The van der Waals surface area contributed by atoms with Gasteiger partial charge in [-0.25, -0.2) is 0 Å². The number of furan rings is 1. The number of methoxy groups -OCH3 is 1. The van der Waals surface area contributed by atoms with Crippen LogP contribution in [0.5, 0.6) is 5.75 Å². The number of hydrogen-bond donors (Lipinski definition) is 0. The molecule has 28 heavy (non-hydrogen) atoms. The van der Waals surface area contributed by atoms with Crippen LogP contribution in [0.3, 0.4) is 0 Å². The number of nitrogens with zero attached hydrogens (tertiary/aromatic N) is 2. The smallest absolute Gasteiger partial charge is 0.177 e. The molecule has 2 aromatic carbocycles. The molecule has 1 aliphatic carbocycles. The molecule has 1 saturated carbocycles. The topological polar surface area (TPSA) is 66.5 Å². The van der Waals surface area contributed by atoms with Crippen LogP contribution in [-0.2, 0) is 10.2 Å². The molecule has 142 valence electrons. The molecule has 1 heterocycles. The molecule has 1 unspecified atom stereocenters. The minimum Gasteiger partial charge on any atom is -0.493 e. The third-order valence-electron chi connectivity index (χ3n) is 5.48. The molecule has 3 aromatic rings. The highest BCUT2D eigenvalue weighted by Crippen LogP contribution is 2.47. The van der Waals surface area contributed by atoms with Gasteiger partial charge in [-0.2, -0.15) is 5.26 Å². The maximum absolute atomic E-state index is 12.4. The minimum absolute atomic E-state index is 0.112. The van der Waals surface area contributed by atoms with Crippen LogP contribution in [0.4, 0.5) is 0 Å². The van der Waals surface area contributed by atoms with E-state index >= 15 is 0 Å². The largest absolute Gasteiger partial charge is 0.493 e. The van der Waals surface area contributed by atoms with Gasteiger partial charge in [0.05, 0.1) is 18.6 Å². The van der Waals surface area contributed by atoms with Crippen LogP contribution in [0.1, 0.15) is 24.8 Å². The van der Waals surface area contributed by atoms with Gasteiger partial charge in [-0.1, -0.05) is 24.3 Å². The zero-order valence-electron chi connectivity index (χ0n) is 16.3. The molecular formula is C23H22N2O3. The van der Waals surface area contributed by atoms with Gasteiger partial charge < -0.3 is 14.1 Å². The summed E-state index contributed by atoms with van der Waals surface area (Å²) in [5.74, 6) is 0.750. The number of fused-ring (bicyclic) bond motifs is 3. The van der Waals surface area contributed by atoms with Crippen molar-refractivity contribution >= 4 is 27.7 Å². The van der Waals surface area contributed by atoms with Crippen molar-refractivity contribution < 1.29 is 13.9 Å². The predicted molar refractivity (Wildman–Crippen MR) is 108 cm³/mol. The van der Waals surface area contributed by atoms with Crippen LogP contribution in [-0.4, -0.2) is 31.9 Å². The number of carbonyl (C=O) groups excluding carboxylic acids is 1. The van der Waals surface area contributed by atoms with Gasteiger partial charge >= 0.3 is 0 Å². The minimum atomic E-state index is -0.785. The highest BCUT2D eigenvalue weighted by atomic mass is 16.5. The van der Waals surface area contributed by atoms with Crippen LogP contribution in [0, 0.1) is 11.3 Å². The molecule has 1 aliphatic rings. The number of Topliss-reactive ketones (excluding diaryl/α,β-unsaturated/α-hetero) is 1. The van der Waals surface area contributed by atoms with Gasteiger partial charge in [-0.05, 0) is 24.1 Å². The van der Waals surface area contributed by atoms with E-state index in [-0.39, 0.29) is 5.78 Å². The number of rotatable bonds is 3. The van der Waals surface area contributed by atoms with Gasteiger partial charge in [-0.3, -0.25) is 4.79 Å². The third-order valence-corrected chi connectivity index (χ3v) is 5.48. The molecule has 0 radical (unpaired) electrons. The zero-order valence-corrected chi connectivity index (χ0v) is 16.3. The number of allylic oxidation sites excluding steroid dienone is 1. The van der Waals surface area contributed by atoms with Crippen LogP contribution < -0.4 is 4.74 Å². The fourth-order valence-corrected chi connectivity index (χ4v) is 4.18. The van der Waals surface area contributed by atoms with Gasteiger partial charge in [0.25, 0.3) is 0 Å². The summed E-state index contributed by atoms with van der Waals surface area (Å²) in [7, 11) is 5.38. The summed E-state index contributed by atoms with van der Waals surface area (Å²) in [6, 6.07) is 14.2. The second kappa shape index (κ2) is 6.72. The summed E-state index contributed by atoms with van der Waals surface area (Å²) in [5.41, 5.74) is 2.20. The van der Waals surface area contributed by atoms with Crippen molar-refractivity contribution in [3.05, 3.63) is 53.7 Å². The molecule has 5 heteroatoms. The molecule has 1 atom stereocenters. The summed E-state index contributed by atoms with van der Waals surface area (Å²) in [6.07, 6.45) is 3.08. The Kier molecular flexibility index (Phi) is 4.35. The van der Waals surface area contributed by atoms with E-state index in [1.54, 1.807) is 7.11 Å². The molecule has 0 amide bonds. The molecule has 0 saturated heterocycles. The van der Waals surface area contributed by atoms with Crippen molar-refractivity contribution in [1.82, 2.24) is 4.90 Å². The van der Waals surface area contributed by atoms with Gasteiger partial charge in [-0.15, -0.1) is 0 Å². The Hall–Kier alpha value is -3.26. The molecule has 1 aromatic heterocycles. The van der Waals surface area contributed by atoms with Crippen molar-refractivity contribution in [3.8, 4) is 11.8 Å². The third kappa shape index (κ3) is 2.73. The number of benzene rings is 2. The quantitative estimate of drug-likeness (QED) is 0.629. The zero-order chi connectivity index (χ0) is 19.9. The van der Waals surface area contributed by atoms with Crippen molar-refractivity contribution in [3.63, 3.8) is 0 Å². The maximum atomic E-state index is 12.4. The number of ether oxygens (including phenoxy) is 1. The predicted octanol–water partition coefficient (Wildman–Crippen LogP) is 4.55. The summed E-state index contributed by atoms with van der Waals surface area (Å²) in [5, 5.41) is 12.1. The van der Waals surface area contributed by atoms with Crippen molar-refractivity contribution in [2.24, 2.45) is 0 Å². The maximum Gasteiger partial charge on any atom is 0.177 e. The lowest BCUT2D eigenvalue weighted by atomic mass is 9.67. The molecular weight excluding hydrogens is 352 g/mol. The fraction of sp³-hybridized carbons (Fsp3) is 0.304. The lowest BCUT2D eigenvalue weighted by Gasteiger charge is -2.33. The molecule has 1 fully saturated rings. The first-order chi connectivity index (χ1) is 13.5. The highest BCUT2D eigenvalue weighted by molar-refractivity contribution is 6.09. The molecule has 0 spiro atoms. The first kappa shape index (κ1) is 18.1. The van der Waals surface area contributed by atoms with Crippen molar-refractivity contribution in [1.29, 1.82) is 5.26 Å². The fourth-order valence-electron chi connectivity index (χ4n) is 4.18. The van der Waals surface area contributed by atoms with Gasteiger partial charge in [0.15, 0.2) is 17.1 Å². The number of ketones is 1. The molecule has 0 N–H and O–H groups in total. The SMILES string of the molecule is COc1ccc(C2(C#N)CCC(=O)C(=CN(C)C)C2)c2c1oc1ccccc12. The summed E-state index contributed by atoms with van der Waals surface area (Å²) >= 11 is 0. The lowest BCUT2D eigenvalue weighted by Crippen LogP contribution is -2.33. The van der Waals surface area contributed by atoms with Crippen LogP contribution in [0.2, 0.25) is 0 Å². The van der Waals surface area contributed by atoms with E-state index < -0.39 is 5.41 Å². The lowest BCUT2D eigenvalue weighted by molar-refractivity contribution is -0.117. The van der Waals surface area contributed by atoms with Crippen LogP contribution in [0.15, 0.2) is 52.6 Å². The average molecular weight is 374 g/mol. The number of nitriles is 1. The summed E-state index contributed by atoms with van der Waals surface area (Å²) in [6.45, 7) is 0. The standard InChI is InChI=1S/C23H22N2O3/c1-25(2)13-15-12-23(14-24,11-10-18(15)26)17-8-9-20(27-3)22-21(17)16-6-4-5-7-19(16)28-22/h4-9,13H,10-12H2,1-3H3. The van der Waals surface area contributed by atoms with E-state index in [0.717, 1.165) is 21.9 Å². The second-order valence-corrected chi connectivity index (χ2v) is 7.53. The highest BCUT2D eigenvalue weighted by Gasteiger charge is 2.41. The van der Waals surface area contributed by atoms with E-state index in [1.165, 1.54) is 0 Å². The normalized spacial score (nSPS) is 21.2. The Bertz CT molecular complexity index is 1150. The molecule has 4 rings (SSSR count). The summed E-state index contributed by atoms with van der Waals surface area (Å²) in [4.78, 5) is 14.3. The average Bonchev–Trinajstić information content (AvgIpc) is 3.08. The van der Waals surface area contributed by atoms with E-state index in [9.17, 15) is 10.1 Å².